The van der Waals surface area contributed by atoms with E-state index < -0.39 is 0 Å². The van der Waals surface area contributed by atoms with Gasteiger partial charge >= 0.3 is 0 Å². The standard InChI is InChI=1S/C20H19ClN2O3/c1-13(12-14-6-2-5-9-17(14)21)22-18(24)10-11-23-19(25)15-7-3-4-8-16(15)20(23)26/h2-9,13H,10-12H2,1H3,(H,22,24). The lowest BCUT2D eigenvalue weighted by atomic mass is 10.1. The minimum Gasteiger partial charge on any atom is -0.353 e. The van der Waals surface area contributed by atoms with E-state index in [9.17, 15) is 14.4 Å². The van der Waals surface area contributed by atoms with Crippen LogP contribution in [0.3, 0.4) is 0 Å². The third kappa shape index (κ3) is 3.78. The lowest BCUT2D eigenvalue weighted by molar-refractivity contribution is -0.121. The van der Waals surface area contributed by atoms with Crippen LogP contribution >= 0.6 is 11.6 Å². The van der Waals surface area contributed by atoms with Crippen LogP contribution in [-0.2, 0) is 11.2 Å². The topological polar surface area (TPSA) is 66.5 Å². The first kappa shape index (κ1) is 18.1. The highest BCUT2D eigenvalue weighted by molar-refractivity contribution is 6.31. The second-order valence-electron chi connectivity index (χ2n) is 6.32. The first-order valence-corrected chi connectivity index (χ1v) is 8.83. The van der Waals surface area contributed by atoms with Gasteiger partial charge in [0.2, 0.25) is 5.91 Å². The lowest BCUT2D eigenvalue weighted by Gasteiger charge is -2.17. The van der Waals surface area contributed by atoms with Gasteiger partial charge in [0.1, 0.15) is 0 Å². The summed E-state index contributed by atoms with van der Waals surface area (Å²) in [6, 6.07) is 14.1. The highest BCUT2D eigenvalue weighted by Gasteiger charge is 2.34. The molecule has 0 spiro atoms. The molecule has 3 rings (SSSR count). The van der Waals surface area contributed by atoms with Crippen LogP contribution in [0, 0.1) is 0 Å². The molecule has 0 saturated carbocycles. The molecule has 1 heterocycles. The van der Waals surface area contributed by atoms with Crippen molar-refractivity contribution in [3.05, 3.63) is 70.2 Å². The third-order valence-electron chi connectivity index (χ3n) is 4.33. The molecule has 0 saturated heterocycles. The molecule has 1 unspecified atom stereocenters. The van der Waals surface area contributed by atoms with E-state index in [0.29, 0.717) is 22.6 Å². The van der Waals surface area contributed by atoms with Crippen molar-refractivity contribution >= 4 is 29.3 Å². The number of rotatable bonds is 6. The van der Waals surface area contributed by atoms with Crippen molar-refractivity contribution in [2.75, 3.05) is 6.54 Å². The Morgan fingerprint density at radius 3 is 2.23 bits per heavy atom. The Bertz CT molecular complexity index is 831. The quantitative estimate of drug-likeness (QED) is 0.795. The summed E-state index contributed by atoms with van der Waals surface area (Å²) in [7, 11) is 0. The number of benzene rings is 2. The molecular weight excluding hydrogens is 352 g/mol. The Labute approximate surface area is 156 Å². The Kier molecular flexibility index (Phi) is 5.38. The smallest absolute Gasteiger partial charge is 0.261 e. The zero-order chi connectivity index (χ0) is 18.7. The van der Waals surface area contributed by atoms with Crippen LogP contribution < -0.4 is 5.32 Å². The average molecular weight is 371 g/mol. The fraction of sp³-hybridized carbons (Fsp3) is 0.250. The molecule has 1 aliphatic heterocycles. The summed E-state index contributed by atoms with van der Waals surface area (Å²) in [5.41, 5.74) is 1.75. The Morgan fingerprint density at radius 2 is 1.62 bits per heavy atom. The zero-order valence-electron chi connectivity index (χ0n) is 14.4. The van der Waals surface area contributed by atoms with Crippen LogP contribution in [0.1, 0.15) is 39.6 Å². The minimum atomic E-state index is -0.345. The summed E-state index contributed by atoms with van der Waals surface area (Å²) < 4.78 is 0. The number of amides is 3. The largest absolute Gasteiger partial charge is 0.353 e. The van der Waals surface area contributed by atoms with Crippen LogP contribution in [0.4, 0.5) is 0 Å². The third-order valence-corrected chi connectivity index (χ3v) is 4.70. The molecule has 0 aromatic heterocycles. The molecule has 3 amide bonds. The van der Waals surface area contributed by atoms with Crippen molar-refractivity contribution < 1.29 is 14.4 Å². The fourth-order valence-corrected chi connectivity index (χ4v) is 3.26. The number of hydrogen-bond donors (Lipinski definition) is 1. The van der Waals surface area contributed by atoms with Gasteiger partial charge in [-0.2, -0.15) is 0 Å². The Morgan fingerprint density at radius 1 is 1.04 bits per heavy atom. The zero-order valence-corrected chi connectivity index (χ0v) is 15.1. The van der Waals surface area contributed by atoms with Crippen LogP contribution in [0.25, 0.3) is 0 Å². The highest BCUT2D eigenvalue weighted by Crippen LogP contribution is 2.22. The van der Waals surface area contributed by atoms with E-state index in [1.165, 1.54) is 0 Å². The van der Waals surface area contributed by atoms with E-state index in [0.717, 1.165) is 10.5 Å². The van der Waals surface area contributed by atoms with E-state index in [4.69, 9.17) is 11.6 Å². The SMILES string of the molecule is CC(Cc1ccccc1Cl)NC(=O)CCN1C(=O)c2ccccc2C1=O. The van der Waals surface area contributed by atoms with Crippen molar-refractivity contribution in [3.63, 3.8) is 0 Å². The van der Waals surface area contributed by atoms with E-state index in [1.807, 2.05) is 31.2 Å². The predicted octanol–water partition coefficient (Wildman–Crippen LogP) is 3.07. The molecule has 2 aromatic carbocycles. The molecule has 0 fully saturated rings. The second kappa shape index (κ2) is 7.70. The molecule has 2 aromatic rings. The maximum absolute atomic E-state index is 12.3. The highest BCUT2D eigenvalue weighted by atomic mass is 35.5. The van der Waals surface area contributed by atoms with Gasteiger partial charge in [-0.1, -0.05) is 41.9 Å². The van der Waals surface area contributed by atoms with Gasteiger partial charge in [0.15, 0.2) is 0 Å². The molecule has 0 aliphatic carbocycles. The number of fused-ring (bicyclic) bond motifs is 1. The Hall–Kier alpha value is -2.66. The monoisotopic (exact) mass is 370 g/mol. The van der Waals surface area contributed by atoms with E-state index in [2.05, 4.69) is 5.32 Å². The van der Waals surface area contributed by atoms with Gasteiger partial charge in [0.05, 0.1) is 11.1 Å². The van der Waals surface area contributed by atoms with Crippen LogP contribution in [0.5, 0.6) is 0 Å². The number of imide groups is 1. The number of carbonyl (C=O) groups is 3. The summed E-state index contributed by atoms with van der Waals surface area (Å²) in [6.45, 7) is 1.96. The number of hydrogen-bond acceptors (Lipinski definition) is 3. The molecule has 1 aliphatic rings. The predicted molar refractivity (Wildman–Crippen MR) is 99.2 cm³/mol. The number of carbonyl (C=O) groups excluding carboxylic acids is 3. The van der Waals surface area contributed by atoms with Crippen LogP contribution in [-0.4, -0.2) is 35.2 Å². The number of nitrogens with zero attached hydrogens (tertiary/aromatic N) is 1. The molecule has 6 heteroatoms. The van der Waals surface area contributed by atoms with Crippen molar-refractivity contribution in [2.24, 2.45) is 0 Å². The van der Waals surface area contributed by atoms with Gasteiger partial charge in [-0.25, -0.2) is 0 Å². The summed E-state index contributed by atoms with van der Waals surface area (Å²) in [6.07, 6.45) is 0.677. The van der Waals surface area contributed by atoms with E-state index in [-0.39, 0.29) is 36.7 Å². The minimum absolute atomic E-state index is 0.0665. The maximum atomic E-state index is 12.3. The van der Waals surface area contributed by atoms with Gasteiger partial charge in [-0.3, -0.25) is 19.3 Å². The first-order chi connectivity index (χ1) is 12.5. The molecular formula is C20H19ClN2O3. The van der Waals surface area contributed by atoms with Crippen molar-refractivity contribution in [1.82, 2.24) is 10.2 Å². The van der Waals surface area contributed by atoms with Gasteiger partial charge in [0.25, 0.3) is 11.8 Å². The maximum Gasteiger partial charge on any atom is 0.261 e. The van der Waals surface area contributed by atoms with Crippen LogP contribution in [0.2, 0.25) is 5.02 Å². The van der Waals surface area contributed by atoms with Gasteiger partial charge < -0.3 is 5.32 Å². The molecule has 26 heavy (non-hydrogen) atoms. The Balaban J connectivity index is 1.53. The van der Waals surface area contributed by atoms with Crippen molar-refractivity contribution in [1.29, 1.82) is 0 Å². The fourth-order valence-electron chi connectivity index (χ4n) is 3.05. The van der Waals surface area contributed by atoms with Gasteiger partial charge in [-0.05, 0) is 37.1 Å². The summed E-state index contributed by atoms with van der Waals surface area (Å²) >= 11 is 6.13. The number of nitrogens with one attached hydrogen (secondary N) is 1. The molecule has 1 atom stereocenters. The lowest BCUT2D eigenvalue weighted by Crippen LogP contribution is -2.38. The van der Waals surface area contributed by atoms with E-state index >= 15 is 0 Å². The van der Waals surface area contributed by atoms with Crippen molar-refractivity contribution in [3.8, 4) is 0 Å². The summed E-state index contributed by atoms with van der Waals surface area (Å²) in [5, 5.41) is 3.55. The molecule has 0 radical (unpaired) electrons. The van der Waals surface area contributed by atoms with Crippen molar-refractivity contribution in [2.45, 2.75) is 25.8 Å². The molecule has 1 N–H and O–H groups in total. The second-order valence-corrected chi connectivity index (χ2v) is 6.73. The van der Waals surface area contributed by atoms with Crippen LogP contribution in [0.15, 0.2) is 48.5 Å². The van der Waals surface area contributed by atoms with E-state index in [1.54, 1.807) is 24.3 Å². The summed E-state index contributed by atoms with van der Waals surface area (Å²) in [4.78, 5) is 37.9. The average Bonchev–Trinajstić information content (AvgIpc) is 2.86. The molecule has 134 valence electrons. The van der Waals surface area contributed by atoms with Gasteiger partial charge in [0, 0.05) is 24.0 Å². The first-order valence-electron chi connectivity index (χ1n) is 8.45. The van der Waals surface area contributed by atoms with Gasteiger partial charge in [-0.15, -0.1) is 0 Å². The molecule has 5 nitrogen and oxygen atoms in total. The molecule has 0 bridgehead atoms. The summed E-state index contributed by atoms with van der Waals surface area (Å²) in [5.74, 6) is -0.897. The number of halogens is 1. The normalized spacial score (nSPS) is 14.3.